The molecule has 0 aliphatic carbocycles. The maximum Gasteiger partial charge on any atom is 0.324 e. The Morgan fingerprint density at radius 1 is 1.03 bits per heavy atom. The van der Waals surface area contributed by atoms with Crippen molar-refractivity contribution in [1.29, 1.82) is 0 Å². The molecular weight excluding hydrogens is 482 g/mol. The Labute approximate surface area is 193 Å². The number of hydrogen-bond donors (Lipinski definition) is 4. The van der Waals surface area contributed by atoms with E-state index in [0.29, 0.717) is 10.5 Å². The lowest BCUT2D eigenvalue weighted by molar-refractivity contribution is -0.341. The Kier molecular flexibility index (Phi) is 10.4. The highest BCUT2D eigenvalue weighted by molar-refractivity contribution is 6.35. The van der Waals surface area contributed by atoms with Crippen molar-refractivity contribution in [2.45, 2.75) is 74.8 Å². The molecule has 0 aromatic rings. The first-order valence-electron chi connectivity index (χ1n) is 10.2. The van der Waals surface area contributed by atoms with Crippen LogP contribution in [0.5, 0.6) is 0 Å². The number of aliphatic hydroxyl groups excluding tert-OH is 4. The number of aliphatic hydroxyl groups is 4. The number of methoxy groups -OCH3 is 1. The highest BCUT2D eigenvalue weighted by Gasteiger charge is 2.54. The summed E-state index contributed by atoms with van der Waals surface area (Å²) >= 11 is 0. The Morgan fingerprint density at radius 2 is 1.69 bits per heavy atom. The van der Waals surface area contributed by atoms with Gasteiger partial charge in [0.05, 0.1) is 6.61 Å². The fourth-order valence-corrected chi connectivity index (χ4v) is 5.77. The standard InChI is InChI=1S/C16H33NO12Si3/c1-5(18)17(32-3)7-9(20)8(19)6(4-25-30)26-15(7)27-12-10(21)11(22)16(24-2)28-13(12)14(23)29-31/h6-13,15-16,19-22H,4,32H2,1-3,30-31H3/t6-,7?,8?,9-,10-,11-,12?,13+,15?,16+/m1/s1. The van der Waals surface area contributed by atoms with E-state index in [1.54, 1.807) is 6.55 Å². The van der Waals surface area contributed by atoms with Gasteiger partial charge in [-0.3, -0.25) is 9.59 Å². The zero-order valence-electron chi connectivity index (χ0n) is 18.7. The highest BCUT2D eigenvalue weighted by atomic mass is 28.2. The van der Waals surface area contributed by atoms with E-state index in [1.807, 2.05) is 0 Å². The number of ether oxygens (including phenoxy) is 4. The second-order valence-corrected chi connectivity index (χ2v) is 9.84. The molecule has 10 atom stereocenters. The van der Waals surface area contributed by atoms with Crippen molar-refractivity contribution in [3.05, 3.63) is 0 Å². The maximum atomic E-state index is 12.4. The van der Waals surface area contributed by atoms with Gasteiger partial charge in [0.25, 0.3) is 0 Å². The topological polar surface area (TPSA) is 174 Å². The van der Waals surface area contributed by atoms with Crippen LogP contribution in [0.25, 0.3) is 0 Å². The van der Waals surface area contributed by atoms with E-state index in [0.717, 1.165) is 0 Å². The largest absolute Gasteiger partial charge is 0.527 e. The van der Waals surface area contributed by atoms with Gasteiger partial charge in [0, 0.05) is 14.0 Å². The second kappa shape index (κ2) is 12.1. The minimum Gasteiger partial charge on any atom is -0.527 e. The van der Waals surface area contributed by atoms with Gasteiger partial charge in [-0.25, -0.2) is 0 Å². The highest BCUT2D eigenvalue weighted by Crippen LogP contribution is 2.31. The summed E-state index contributed by atoms with van der Waals surface area (Å²) in [5, 5.41) is 42.3. The van der Waals surface area contributed by atoms with Crippen LogP contribution in [0.2, 0.25) is 6.55 Å². The number of carbonyl (C=O) groups is 2. The van der Waals surface area contributed by atoms with Crippen molar-refractivity contribution in [1.82, 2.24) is 4.57 Å². The molecule has 0 saturated carbocycles. The van der Waals surface area contributed by atoms with Crippen molar-refractivity contribution < 1.29 is 57.8 Å². The fraction of sp³-hybridized carbons (Fsp3) is 0.875. The van der Waals surface area contributed by atoms with E-state index >= 15 is 0 Å². The van der Waals surface area contributed by atoms with Crippen LogP contribution in [0, 0.1) is 0 Å². The maximum absolute atomic E-state index is 12.4. The van der Waals surface area contributed by atoms with Gasteiger partial charge in [-0.15, -0.1) is 0 Å². The monoisotopic (exact) mass is 515 g/mol. The van der Waals surface area contributed by atoms with Gasteiger partial charge in [0.15, 0.2) is 18.7 Å². The molecular formula is C16H33NO12Si3. The van der Waals surface area contributed by atoms with Crippen LogP contribution in [0.1, 0.15) is 6.92 Å². The van der Waals surface area contributed by atoms with E-state index in [1.165, 1.54) is 18.6 Å². The molecule has 1 amide bonds. The molecule has 4 unspecified atom stereocenters. The number of amides is 1. The molecule has 0 bridgehead atoms. The van der Waals surface area contributed by atoms with E-state index < -0.39 is 77.0 Å². The Balaban J connectivity index is 2.41. The van der Waals surface area contributed by atoms with E-state index in [4.69, 9.17) is 27.8 Å². The lowest BCUT2D eigenvalue weighted by Gasteiger charge is -2.49. The minimum atomic E-state index is -1.65. The molecule has 2 heterocycles. The lowest BCUT2D eigenvalue weighted by atomic mass is 9.95. The predicted octanol–water partition coefficient (Wildman–Crippen LogP) is -6.62. The van der Waals surface area contributed by atoms with Crippen LogP contribution in [-0.4, -0.2) is 143 Å². The van der Waals surface area contributed by atoms with E-state index in [-0.39, 0.29) is 23.0 Å². The molecule has 13 nitrogen and oxygen atoms in total. The quantitative estimate of drug-likeness (QED) is 0.225. The molecule has 0 spiro atoms. The summed E-state index contributed by atoms with van der Waals surface area (Å²) in [7, 11) is 0.417. The first-order valence-corrected chi connectivity index (χ1v) is 13.9. The number of hydrogen-bond acceptors (Lipinski definition) is 12. The Bertz CT molecular complexity index is 647. The molecule has 32 heavy (non-hydrogen) atoms. The molecule has 2 aliphatic rings. The van der Waals surface area contributed by atoms with E-state index in [2.05, 4.69) is 0 Å². The smallest absolute Gasteiger partial charge is 0.324 e. The lowest BCUT2D eigenvalue weighted by Crippen LogP contribution is -2.69. The molecule has 2 aliphatic heterocycles. The average molecular weight is 516 g/mol. The molecule has 16 heteroatoms. The van der Waals surface area contributed by atoms with Crippen LogP contribution in [0.3, 0.4) is 0 Å². The van der Waals surface area contributed by atoms with Crippen molar-refractivity contribution in [3.63, 3.8) is 0 Å². The minimum absolute atomic E-state index is 0.0369. The van der Waals surface area contributed by atoms with Crippen molar-refractivity contribution in [3.8, 4) is 0 Å². The molecule has 186 valence electrons. The third-order valence-corrected chi connectivity index (χ3v) is 7.89. The second-order valence-electron chi connectivity index (χ2n) is 7.54. The van der Waals surface area contributed by atoms with Gasteiger partial charge >= 0.3 is 5.97 Å². The van der Waals surface area contributed by atoms with Gasteiger partial charge < -0.3 is 52.8 Å². The van der Waals surface area contributed by atoms with Crippen LogP contribution in [0.15, 0.2) is 0 Å². The van der Waals surface area contributed by atoms with Gasteiger partial charge in [-0.2, -0.15) is 0 Å². The van der Waals surface area contributed by atoms with Crippen molar-refractivity contribution in [2.75, 3.05) is 13.7 Å². The zero-order valence-corrected chi connectivity index (χ0v) is 24.1. The molecule has 4 N–H and O–H groups in total. The zero-order chi connectivity index (χ0) is 24.2. The van der Waals surface area contributed by atoms with E-state index in [9.17, 15) is 30.0 Å². The third kappa shape index (κ3) is 5.65. The summed E-state index contributed by atoms with van der Waals surface area (Å²) in [6, 6.07) is -1.12. The summed E-state index contributed by atoms with van der Waals surface area (Å²) in [5.41, 5.74) is 0. The molecule has 2 saturated heterocycles. The van der Waals surface area contributed by atoms with Gasteiger partial charge in [0.2, 0.25) is 16.4 Å². The van der Waals surface area contributed by atoms with Gasteiger partial charge in [0.1, 0.15) is 62.8 Å². The summed E-state index contributed by atoms with van der Waals surface area (Å²) in [6.45, 7) is 3.08. The normalized spacial score (nSPS) is 40.6. The van der Waals surface area contributed by atoms with Crippen LogP contribution in [-0.2, 0) is 37.4 Å². The number of rotatable bonds is 8. The van der Waals surface area contributed by atoms with Gasteiger partial charge in [-0.05, 0) is 0 Å². The molecule has 2 fully saturated rings. The summed E-state index contributed by atoms with van der Waals surface area (Å²) in [5.74, 6) is -1.20. The van der Waals surface area contributed by atoms with Crippen LogP contribution in [0.4, 0.5) is 0 Å². The van der Waals surface area contributed by atoms with Gasteiger partial charge in [-0.1, -0.05) is 6.55 Å². The molecule has 2 rings (SSSR count). The molecule has 0 radical (unpaired) electrons. The average Bonchev–Trinajstić information content (AvgIpc) is 2.77. The number of carbonyl (C=O) groups excluding carboxylic acids is 2. The molecule has 0 aromatic heterocycles. The number of nitrogens with zero attached hydrogens (tertiary/aromatic N) is 1. The fourth-order valence-electron chi connectivity index (χ4n) is 3.95. The first kappa shape index (κ1) is 27.5. The summed E-state index contributed by atoms with van der Waals surface area (Å²) in [6.07, 6.45) is -12.6. The summed E-state index contributed by atoms with van der Waals surface area (Å²) in [4.78, 5) is 24.6. The Hall–Kier alpha value is -0.769. The summed E-state index contributed by atoms with van der Waals surface area (Å²) < 4.78 is 33.6. The van der Waals surface area contributed by atoms with Crippen LogP contribution < -0.4 is 0 Å². The Morgan fingerprint density at radius 3 is 2.19 bits per heavy atom. The molecule has 0 aromatic carbocycles. The van der Waals surface area contributed by atoms with Crippen LogP contribution >= 0.6 is 0 Å². The SMILES string of the molecule is CO[C@H]1O[C@H](C(=O)O[SiH3])C(OC2O[C@H](CO[SiH3])C(O)[C@H](O)C2N([SiH2]C)C(C)=O)[C@H](O)[C@H]1O. The first-order chi connectivity index (χ1) is 15.1. The third-order valence-electron chi connectivity index (χ3n) is 5.61. The predicted molar refractivity (Wildman–Crippen MR) is 116 cm³/mol. The van der Waals surface area contributed by atoms with Crippen molar-refractivity contribution >= 4 is 42.5 Å². The van der Waals surface area contributed by atoms with Crippen molar-refractivity contribution in [2.24, 2.45) is 0 Å².